The highest BCUT2D eigenvalue weighted by molar-refractivity contribution is 6.74. The van der Waals surface area contributed by atoms with Crippen molar-refractivity contribution in [2.45, 2.75) is 51.9 Å². The maximum Gasteiger partial charge on any atom is 0.192 e. The summed E-state index contributed by atoms with van der Waals surface area (Å²) in [6.45, 7) is 12.8. The van der Waals surface area contributed by atoms with Crippen LogP contribution in [-0.2, 0) is 11.0 Å². The monoisotopic (exact) mass is 319 g/mol. The Morgan fingerprint density at radius 2 is 2.05 bits per heavy atom. The molecule has 0 amide bonds. The molecule has 4 N–H and O–H groups in total. The highest BCUT2D eigenvalue weighted by Gasteiger charge is 2.37. The van der Waals surface area contributed by atoms with Crippen LogP contribution in [0.25, 0.3) is 0 Å². The minimum absolute atomic E-state index is 0.205. The van der Waals surface area contributed by atoms with Gasteiger partial charge in [0.2, 0.25) is 0 Å². The van der Waals surface area contributed by atoms with Gasteiger partial charge in [-0.25, -0.2) is 0 Å². The van der Waals surface area contributed by atoms with Gasteiger partial charge >= 0.3 is 0 Å². The Morgan fingerprint density at radius 3 is 2.64 bits per heavy atom. The average molecular weight is 320 g/mol. The van der Waals surface area contributed by atoms with Crippen LogP contribution in [0.5, 0.6) is 0 Å². The van der Waals surface area contributed by atoms with Crippen LogP contribution in [0.1, 0.15) is 32.8 Å². The lowest BCUT2D eigenvalue weighted by atomic mass is 10.1. The second-order valence-corrected chi connectivity index (χ2v) is 12.2. The van der Waals surface area contributed by atoms with Crippen LogP contribution in [0.2, 0.25) is 18.1 Å². The fraction of sp³-hybridized carbons (Fsp3) is 0.529. The normalized spacial score (nSPS) is 15.4. The third-order valence-electron chi connectivity index (χ3n) is 4.67. The van der Waals surface area contributed by atoms with Gasteiger partial charge in [-0.2, -0.15) is 0 Å². The smallest absolute Gasteiger partial charge is 0.192 e. The second-order valence-electron chi connectivity index (χ2n) is 7.39. The Kier molecular flexibility index (Phi) is 4.87. The largest absolute Gasteiger partial charge is 0.412 e. The Labute approximate surface area is 135 Å². The molecule has 1 aliphatic heterocycles. The number of nitrogen functional groups attached to an aromatic ring is 1. The van der Waals surface area contributed by atoms with Crippen molar-refractivity contribution in [3.8, 4) is 0 Å². The molecule has 0 atom stereocenters. The van der Waals surface area contributed by atoms with E-state index in [0.29, 0.717) is 6.61 Å². The summed E-state index contributed by atoms with van der Waals surface area (Å²) in [5.41, 5.74) is 9.08. The number of nitrogens with one attached hydrogen (secondary N) is 2. The van der Waals surface area contributed by atoms with Crippen molar-refractivity contribution in [2.24, 2.45) is 0 Å². The summed E-state index contributed by atoms with van der Waals surface area (Å²) in [5.74, 6) is 1.04. The lowest BCUT2D eigenvalue weighted by molar-refractivity contribution is 0.277. The van der Waals surface area contributed by atoms with E-state index in [4.69, 9.17) is 10.2 Å². The summed E-state index contributed by atoms with van der Waals surface area (Å²) >= 11 is 0. The first-order chi connectivity index (χ1) is 10.2. The highest BCUT2D eigenvalue weighted by atomic mass is 28.4. The van der Waals surface area contributed by atoms with Gasteiger partial charge in [0, 0.05) is 12.1 Å². The van der Waals surface area contributed by atoms with Crippen LogP contribution < -0.4 is 16.4 Å². The van der Waals surface area contributed by atoms with Gasteiger partial charge < -0.3 is 20.8 Å². The number of hydrogen-bond donors (Lipinski definition) is 3. The van der Waals surface area contributed by atoms with Crippen molar-refractivity contribution < 1.29 is 4.43 Å². The van der Waals surface area contributed by atoms with Crippen LogP contribution >= 0.6 is 0 Å². The molecule has 122 valence electrons. The summed E-state index contributed by atoms with van der Waals surface area (Å²) < 4.78 is 6.29. The lowest BCUT2D eigenvalue weighted by Gasteiger charge is -2.36. The van der Waals surface area contributed by atoms with Crippen molar-refractivity contribution in [3.63, 3.8) is 0 Å². The standard InChI is InChI=1S/C17H29N3OSi/c1-17(2,3)22(4,5)21-12-13-8-6-9-14(16(13)18)20-15-10-7-11-19-15/h6,8-10,19-20H,7,11-12,18H2,1-5H3. The zero-order valence-corrected chi connectivity index (χ0v) is 15.4. The maximum absolute atomic E-state index is 6.32. The number of rotatable bonds is 5. The van der Waals surface area contributed by atoms with E-state index in [-0.39, 0.29) is 5.04 Å². The molecule has 1 heterocycles. The molecular formula is C17H29N3OSi. The minimum atomic E-state index is -1.76. The molecule has 1 aromatic carbocycles. The number of hydrogen-bond acceptors (Lipinski definition) is 4. The molecular weight excluding hydrogens is 290 g/mol. The Morgan fingerprint density at radius 1 is 1.32 bits per heavy atom. The molecule has 1 aromatic rings. The summed E-state index contributed by atoms with van der Waals surface area (Å²) in [6, 6.07) is 6.08. The molecule has 22 heavy (non-hydrogen) atoms. The molecule has 0 bridgehead atoms. The molecule has 5 heteroatoms. The predicted octanol–water partition coefficient (Wildman–Crippen LogP) is 4.04. The molecule has 0 radical (unpaired) electrons. The Hall–Kier alpha value is -1.46. The molecule has 0 unspecified atom stereocenters. The van der Waals surface area contributed by atoms with Crippen molar-refractivity contribution in [2.75, 3.05) is 17.6 Å². The summed E-state index contributed by atoms with van der Waals surface area (Å²) in [6.07, 6.45) is 3.20. The van der Waals surface area contributed by atoms with Crippen molar-refractivity contribution in [1.82, 2.24) is 5.32 Å². The predicted molar refractivity (Wildman–Crippen MR) is 97.2 cm³/mol. The van der Waals surface area contributed by atoms with Crippen LogP contribution in [0.15, 0.2) is 30.1 Å². The van der Waals surface area contributed by atoms with Gasteiger partial charge in [-0.3, -0.25) is 0 Å². The quantitative estimate of drug-likeness (QED) is 0.566. The summed E-state index contributed by atoms with van der Waals surface area (Å²) in [4.78, 5) is 0. The third-order valence-corrected chi connectivity index (χ3v) is 9.15. The zero-order valence-electron chi connectivity index (χ0n) is 14.4. The fourth-order valence-corrected chi connectivity index (χ4v) is 3.01. The first-order valence-electron chi connectivity index (χ1n) is 7.93. The van der Waals surface area contributed by atoms with Gasteiger partial charge in [0.1, 0.15) is 0 Å². The van der Waals surface area contributed by atoms with Gasteiger partial charge in [-0.1, -0.05) is 32.9 Å². The first-order valence-corrected chi connectivity index (χ1v) is 10.8. The maximum atomic E-state index is 6.32. The Bertz CT molecular complexity index is 562. The lowest BCUT2D eigenvalue weighted by Crippen LogP contribution is -2.40. The third kappa shape index (κ3) is 3.84. The highest BCUT2D eigenvalue weighted by Crippen LogP contribution is 2.37. The van der Waals surface area contributed by atoms with E-state index in [1.165, 1.54) is 0 Å². The topological polar surface area (TPSA) is 59.3 Å². The fourth-order valence-electron chi connectivity index (χ4n) is 2.06. The molecule has 0 spiro atoms. The van der Waals surface area contributed by atoms with Crippen molar-refractivity contribution >= 4 is 19.7 Å². The van der Waals surface area contributed by atoms with E-state index < -0.39 is 8.32 Å². The number of nitrogens with two attached hydrogens (primary N) is 1. The van der Waals surface area contributed by atoms with Crippen LogP contribution in [0.3, 0.4) is 0 Å². The molecule has 4 nitrogen and oxygen atoms in total. The van der Waals surface area contributed by atoms with Crippen LogP contribution in [0.4, 0.5) is 11.4 Å². The van der Waals surface area contributed by atoms with E-state index >= 15 is 0 Å². The van der Waals surface area contributed by atoms with Gasteiger partial charge in [0.25, 0.3) is 0 Å². The summed E-state index contributed by atoms with van der Waals surface area (Å²) in [5, 5.41) is 6.86. The van der Waals surface area contributed by atoms with Gasteiger partial charge in [-0.05, 0) is 36.7 Å². The zero-order chi connectivity index (χ0) is 16.4. The molecule has 0 fully saturated rings. The van der Waals surface area contributed by atoms with E-state index in [2.05, 4.69) is 50.6 Å². The number of anilines is 2. The van der Waals surface area contributed by atoms with E-state index in [0.717, 1.165) is 35.7 Å². The van der Waals surface area contributed by atoms with Crippen molar-refractivity contribution in [1.29, 1.82) is 0 Å². The molecule has 0 aromatic heterocycles. The molecule has 0 aliphatic carbocycles. The molecule has 1 aliphatic rings. The first kappa shape index (κ1) is 16.9. The van der Waals surface area contributed by atoms with Gasteiger partial charge in [-0.15, -0.1) is 0 Å². The molecule has 2 rings (SSSR count). The molecule has 0 saturated heterocycles. The second kappa shape index (κ2) is 6.34. The van der Waals surface area contributed by atoms with E-state index in [9.17, 15) is 0 Å². The van der Waals surface area contributed by atoms with Crippen molar-refractivity contribution in [3.05, 3.63) is 35.7 Å². The van der Waals surface area contributed by atoms with Crippen LogP contribution in [-0.4, -0.2) is 14.9 Å². The summed E-state index contributed by atoms with van der Waals surface area (Å²) in [7, 11) is -1.76. The SMILES string of the molecule is CC(C)(C)[Si](C)(C)OCc1cccc(NC2=CCCN2)c1N. The number of para-hydroxylation sites is 1. The number of benzene rings is 1. The average Bonchev–Trinajstić information content (AvgIpc) is 2.91. The Balaban J connectivity index is 2.09. The van der Waals surface area contributed by atoms with Gasteiger partial charge in [0.05, 0.1) is 23.8 Å². The minimum Gasteiger partial charge on any atom is -0.412 e. The van der Waals surface area contributed by atoms with E-state index in [1.807, 2.05) is 18.2 Å². The van der Waals surface area contributed by atoms with E-state index in [1.54, 1.807) is 0 Å². The molecule has 0 saturated carbocycles. The van der Waals surface area contributed by atoms with Crippen LogP contribution in [0, 0.1) is 0 Å². The van der Waals surface area contributed by atoms with Gasteiger partial charge in [0.15, 0.2) is 8.32 Å².